The van der Waals surface area contributed by atoms with Crippen LogP contribution in [0.2, 0.25) is 0 Å². The molecule has 2 atom stereocenters. The van der Waals surface area contributed by atoms with Crippen LogP contribution in [0.3, 0.4) is 0 Å². The smallest absolute Gasteiger partial charge is 0.305 e. The van der Waals surface area contributed by atoms with Gasteiger partial charge in [0.2, 0.25) is 5.70 Å². The van der Waals surface area contributed by atoms with E-state index in [1.54, 1.807) is 6.08 Å². The number of allylic oxidation sites excluding steroid dienone is 13. The predicted molar refractivity (Wildman–Crippen MR) is 174 cm³/mol. The van der Waals surface area contributed by atoms with E-state index in [1.165, 1.54) is 14.0 Å². The number of carbonyl (C=O) groups excluding carboxylic acids is 1. The molecule has 0 aromatic carbocycles. The van der Waals surface area contributed by atoms with E-state index < -0.39 is 4.92 Å². The van der Waals surface area contributed by atoms with Crippen LogP contribution in [0.15, 0.2) is 118 Å². The van der Waals surface area contributed by atoms with E-state index in [9.17, 15) is 20.0 Å². The second kappa shape index (κ2) is 11.3. The third-order valence-corrected chi connectivity index (χ3v) is 9.63. The van der Waals surface area contributed by atoms with Gasteiger partial charge in [-0.05, 0) is 74.1 Å². The molecule has 0 aromatic heterocycles. The highest BCUT2D eigenvalue weighted by Crippen LogP contribution is 2.46. The number of esters is 1. The summed E-state index contributed by atoms with van der Waals surface area (Å²) in [4.78, 5) is 38.5. The molecule has 1 fully saturated rings. The molecule has 10 heteroatoms. The number of methoxy groups -OCH3 is 1. The number of nitrogens with one attached hydrogen (secondary N) is 1. The molecule has 0 amide bonds. The van der Waals surface area contributed by atoms with Crippen LogP contribution in [-0.4, -0.2) is 40.2 Å². The lowest BCUT2D eigenvalue weighted by molar-refractivity contribution is -0.424. The van der Waals surface area contributed by atoms with Gasteiger partial charge in [0.1, 0.15) is 5.76 Å². The van der Waals surface area contributed by atoms with Gasteiger partial charge in [-0.15, -0.1) is 0 Å². The first-order chi connectivity index (χ1) is 21.4. The SMILES string of the molecule is CCC1=C(C)C2=NC1=CC1=C(C)C3=C(O)CC(=C4NC(=CC5=NC(=C2)C(/C=C(\C)[N+](=O)[O-])=C5C)[C@@H](C)[C@@H]4CCC(=O)OC)C3=N1. The zero-order valence-corrected chi connectivity index (χ0v) is 26.7. The average molecular weight is 608 g/mol. The molecule has 0 spiro atoms. The Morgan fingerprint density at radius 2 is 1.82 bits per heavy atom. The fourth-order valence-electron chi connectivity index (χ4n) is 6.94. The third kappa shape index (κ3) is 4.98. The number of nitro groups is 1. The summed E-state index contributed by atoms with van der Waals surface area (Å²) in [7, 11) is 1.39. The Labute approximate surface area is 262 Å². The van der Waals surface area contributed by atoms with Crippen molar-refractivity contribution in [1.82, 2.24) is 5.32 Å². The topological polar surface area (TPSA) is 139 Å². The van der Waals surface area contributed by atoms with Crippen molar-refractivity contribution >= 4 is 23.1 Å². The first-order valence-electron chi connectivity index (χ1n) is 15.3. The predicted octanol–water partition coefficient (Wildman–Crippen LogP) is 6.79. The number of fused-ring (bicyclic) bond motifs is 5. The maximum Gasteiger partial charge on any atom is 0.305 e. The molecule has 0 radical (unpaired) electrons. The molecule has 1 saturated heterocycles. The van der Waals surface area contributed by atoms with Crippen molar-refractivity contribution in [2.75, 3.05) is 7.11 Å². The van der Waals surface area contributed by atoms with E-state index in [4.69, 9.17) is 19.7 Å². The zero-order valence-electron chi connectivity index (χ0n) is 26.7. The fourth-order valence-corrected chi connectivity index (χ4v) is 6.94. The van der Waals surface area contributed by atoms with Crippen molar-refractivity contribution in [1.29, 1.82) is 0 Å². The monoisotopic (exact) mass is 607 g/mol. The number of rotatable bonds is 6. The van der Waals surface area contributed by atoms with Crippen LogP contribution in [0.1, 0.15) is 67.2 Å². The number of carbonyl (C=O) groups is 1. The van der Waals surface area contributed by atoms with Crippen molar-refractivity contribution in [3.8, 4) is 0 Å². The summed E-state index contributed by atoms with van der Waals surface area (Å²) in [6, 6.07) is 0. The molecule has 6 aliphatic rings. The van der Waals surface area contributed by atoms with Gasteiger partial charge in [0, 0.05) is 65.8 Å². The highest BCUT2D eigenvalue weighted by Gasteiger charge is 2.41. The summed E-state index contributed by atoms with van der Waals surface area (Å²) in [5, 5.41) is 26.5. The summed E-state index contributed by atoms with van der Waals surface area (Å²) >= 11 is 0. The van der Waals surface area contributed by atoms with Crippen molar-refractivity contribution in [2.45, 2.75) is 67.2 Å². The summed E-state index contributed by atoms with van der Waals surface area (Å²) in [5.41, 5.74) is 12.4. The first kappa shape index (κ1) is 30.2. The van der Waals surface area contributed by atoms with Gasteiger partial charge in [0.15, 0.2) is 0 Å². The summed E-state index contributed by atoms with van der Waals surface area (Å²) in [5.74, 6) is -0.0750. The molecule has 2 N–H and O–H groups in total. The van der Waals surface area contributed by atoms with Crippen LogP contribution in [0, 0.1) is 22.0 Å². The van der Waals surface area contributed by atoms with Gasteiger partial charge in [-0.1, -0.05) is 13.8 Å². The van der Waals surface area contributed by atoms with Crippen LogP contribution in [-0.2, 0) is 9.53 Å². The van der Waals surface area contributed by atoms with Crippen LogP contribution >= 0.6 is 0 Å². The first-order valence-corrected chi connectivity index (χ1v) is 15.3. The summed E-state index contributed by atoms with van der Waals surface area (Å²) in [6.07, 6.45) is 9.36. The van der Waals surface area contributed by atoms with E-state index in [0.717, 1.165) is 74.1 Å². The minimum absolute atomic E-state index is 0.0163. The number of nitrogens with zero attached hydrogens (tertiary/aromatic N) is 4. The lowest BCUT2D eigenvalue weighted by atomic mass is 9.86. The Balaban J connectivity index is 1.61. The van der Waals surface area contributed by atoms with Gasteiger partial charge >= 0.3 is 5.97 Å². The zero-order chi connectivity index (χ0) is 32.3. The van der Waals surface area contributed by atoms with Gasteiger partial charge in [-0.25, -0.2) is 15.0 Å². The molecule has 0 saturated carbocycles. The van der Waals surface area contributed by atoms with Crippen LogP contribution in [0.4, 0.5) is 0 Å². The minimum Gasteiger partial charge on any atom is -0.511 e. The molecule has 1 aliphatic carbocycles. The number of hydrogen-bond donors (Lipinski definition) is 2. The maximum absolute atomic E-state index is 12.2. The number of aliphatic hydroxyl groups excluding tert-OH is 1. The molecule has 5 aliphatic heterocycles. The summed E-state index contributed by atoms with van der Waals surface area (Å²) in [6.45, 7) is 11.6. The number of aliphatic hydroxyl groups is 1. The van der Waals surface area contributed by atoms with E-state index in [1.807, 2.05) is 39.0 Å². The lowest BCUT2D eigenvalue weighted by Crippen LogP contribution is -2.16. The minimum atomic E-state index is -0.394. The molecule has 45 heavy (non-hydrogen) atoms. The molecule has 10 nitrogen and oxygen atoms in total. The van der Waals surface area contributed by atoms with Crippen LogP contribution in [0.25, 0.3) is 0 Å². The second-order valence-electron chi connectivity index (χ2n) is 12.2. The van der Waals surface area contributed by atoms with Crippen molar-refractivity contribution in [2.24, 2.45) is 26.8 Å². The molecule has 0 unspecified atom stereocenters. The van der Waals surface area contributed by atoms with Gasteiger partial charge < -0.3 is 15.2 Å². The molecule has 0 aromatic rings. The fraction of sp³-hybridized carbons (Fsp3) is 0.371. The lowest BCUT2D eigenvalue weighted by Gasteiger charge is -2.17. The van der Waals surface area contributed by atoms with E-state index >= 15 is 0 Å². The quantitative estimate of drug-likeness (QED) is 0.194. The van der Waals surface area contributed by atoms with Crippen LogP contribution in [0.5, 0.6) is 0 Å². The highest BCUT2D eigenvalue weighted by atomic mass is 16.6. The van der Waals surface area contributed by atoms with Crippen LogP contribution < -0.4 is 5.32 Å². The molecule has 8 bridgehead atoms. The second-order valence-corrected chi connectivity index (χ2v) is 12.2. The van der Waals surface area contributed by atoms with Gasteiger partial charge in [0.25, 0.3) is 0 Å². The largest absolute Gasteiger partial charge is 0.511 e. The van der Waals surface area contributed by atoms with Crippen molar-refractivity contribution in [3.05, 3.63) is 113 Å². The Hall–Kier alpha value is -4.86. The van der Waals surface area contributed by atoms with Crippen molar-refractivity contribution in [3.63, 3.8) is 0 Å². The Kier molecular flexibility index (Phi) is 7.54. The van der Waals surface area contributed by atoms with Crippen molar-refractivity contribution < 1.29 is 19.6 Å². The van der Waals surface area contributed by atoms with Gasteiger partial charge in [-0.3, -0.25) is 14.9 Å². The van der Waals surface area contributed by atoms with E-state index in [0.29, 0.717) is 29.8 Å². The van der Waals surface area contributed by atoms with E-state index in [-0.39, 0.29) is 35.7 Å². The Morgan fingerprint density at radius 1 is 1.11 bits per heavy atom. The maximum atomic E-state index is 12.2. The number of aliphatic imine (C=N–C) groups is 3. The molecular weight excluding hydrogens is 570 g/mol. The van der Waals surface area contributed by atoms with Gasteiger partial charge in [-0.2, -0.15) is 0 Å². The number of hydrogen-bond acceptors (Lipinski definition) is 9. The Morgan fingerprint density at radius 3 is 2.51 bits per heavy atom. The highest BCUT2D eigenvalue weighted by molar-refractivity contribution is 6.21. The standard InChI is InChI=1S/C35H37N5O5/c1-8-21-17(3)26-14-30-23(11-16(2)40(43)44)19(5)25(37-30)13-27-18(4)22(9-10-32(42)45-7)34(38-27)24-12-31(41)33-20(6)28(39-35(24)33)15-29(21)36-26/h11,13-15,18,22,38,41H,8-10,12H2,1-7H3/b16-11+,27-13?,29-15?,30-14?,34-24?/t18-,22-/m0/s1. The molecular formula is C35H37N5O5. The molecule has 232 valence electrons. The summed E-state index contributed by atoms with van der Waals surface area (Å²) < 4.78 is 4.96. The molecule has 6 rings (SSSR count). The van der Waals surface area contributed by atoms with Gasteiger partial charge in [0.05, 0.1) is 46.3 Å². The third-order valence-electron chi connectivity index (χ3n) is 9.63. The normalized spacial score (nSPS) is 24.2. The Bertz CT molecular complexity index is 1870. The number of ether oxygens (including phenoxy) is 1. The van der Waals surface area contributed by atoms with E-state index in [2.05, 4.69) is 19.2 Å². The molecule has 5 heterocycles. The average Bonchev–Trinajstić information content (AvgIpc) is 3.75.